The Bertz CT molecular complexity index is 864. The quantitative estimate of drug-likeness (QED) is 0.696. The summed E-state index contributed by atoms with van der Waals surface area (Å²) in [5.74, 6) is 0.956. The molecule has 0 saturated carbocycles. The van der Waals surface area contributed by atoms with Crippen LogP contribution in [0.4, 0.5) is 0 Å². The first-order valence-electron chi connectivity index (χ1n) is 8.69. The Hall–Kier alpha value is -2.30. The lowest BCUT2D eigenvalue weighted by Gasteiger charge is -2.28. The number of hydrogen-bond acceptors (Lipinski definition) is 3. The third-order valence-electron chi connectivity index (χ3n) is 5.12. The van der Waals surface area contributed by atoms with E-state index in [1.165, 1.54) is 27.7 Å². The maximum absolute atomic E-state index is 5.92. The van der Waals surface area contributed by atoms with Crippen molar-refractivity contribution in [2.45, 2.75) is 18.6 Å². The summed E-state index contributed by atoms with van der Waals surface area (Å²) in [7, 11) is 0. The Morgan fingerprint density at radius 2 is 1.79 bits per heavy atom. The number of aromatic nitrogens is 1. The molecular formula is C20H21N3O. The highest BCUT2D eigenvalue weighted by Gasteiger charge is 2.25. The van der Waals surface area contributed by atoms with Crippen molar-refractivity contribution in [1.29, 1.82) is 0 Å². The van der Waals surface area contributed by atoms with Gasteiger partial charge in [-0.15, -0.1) is 0 Å². The Labute approximate surface area is 141 Å². The Morgan fingerprint density at radius 3 is 2.58 bits per heavy atom. The minimum absolute atomic E-state index is 0.223. The molecule has 122 valence electrons. The molecule has 1 atom stereocenters. The summed E-state index contributed by atoms with van der Waals surface area (Å²) in [5, 5.41) is 8.24. The third kappa shape index (κ3) is 2.30. The maximum Gasteiger partial charge on any atom is 0.123 e. The molecule has 2 aliphatic heterocycles. The van der Waals surface area contributed by atoms with Crippen LogP contribution in [0.2, 0.25) is 0 Å². The van der Waals surface area contributed by atoms with E-state index < -0.39 is 0 Å². The van der Waals surface area contributed by atoms with Crippen molar-refractivity contribution >= 4 is 10.9 Å². The van der Waals surface area contributed by atoms with Crippen molar-refractivity contribution in [3.63, 3.8) is 0 Å². The normalized spacial score (nSPS) is 20.6. The van der Waals surface area contributed by atoms with Crippen LogP contribution in [0.25, 0.3) is 10.9 Å². The van der Waals surface area contributed by atoms with E-state index in [0.717, 1.165) is 31.8 Å². The molecule has 1 saturated heterocycles. The minimum atomic E-state index is 0.223. The van der Waals surface area contributed by atoms with Gasteiger partial charge in [-0.25, -0.2) is 0 Å². The van der Waals surface area contributed by atoms with Crippen molar-refractivity contribution in [3.8, 4) is 5.75 Å². The first-order valence-corrected chi connectivity index (χ1v) is 8.69. The smallest absolute Gasteiger partial charge is 0.123 e. The maximum atomic E-state index is 5.92. The molecule has 2 aliphatic rings. The van der Waals surface area contributed by atoms with Gasteiger partial charge in [0.1, 0.15) is 11.9 Å². The van der Waals surface area contributed by atoms with Crippen molar-refractivity contribution in [2.24, 2.45) is 0 Å². The predicted molar refractivity (Wildman–Crippen MR) is 95.6 cm³/mol. The van der Waals surface area contributed by atoms with E-state index in [4.69, 9.17) is 4.74 Å². The van der Waals surface area contributed by atoms with Gasteiger partial charge in [-0.2, -0.15) is 0 Å². The van der Waals surface area contributed by atoms with Gasteiger partial charge in [0.15, 0.2) is 0 Å². The average molecular weight is 319 g/mol. The second-order valence-corrected chi connectivity index (χ2v) is 6.67. The van der Waals surface area contributed by atoms with E-state index in [1.807, 2.05) is 0 Å². The SMILES string of the molecule is c1ccc2c3c([nH]c2c1)C(c1ccc(OC2CNC2)cc1)NCC3. The van der Waals surface area contributed by atoms with Crippen LogP contribution < -0.4 is 15.4 Å². The Balaban J connectivity index is 1.47. The molecule has 0 aliphatic carbocycles. The van der Waals surface area contributed by atoms with Crippen LogP contribution in [-0.2, 0) is 6.42 Å². The highest BCUT2D eigenvalue weighted by Crippen LogP contribution is 2.33. The van der Waals surface area contributed by atoms with Gasteiger partial charge >= 0.3 is 0 Å². The van der Waals surface area contributed by atoms with Crippen LogP contribution in [-0.4, -0.2) is 30.7 Å². The van der Waals surface area contributed by atoms with Crippen LogP contribution in [0.1, 0.15) is 22.9 Å². The first kappa shape index (κ1) is 14.1. The molecule has 2 aromatic carbocycles. The summed E-state index contributed by atoms with van der Waals surface area (Å²) < 4.78 is 5.92. The number of aromatic amines is 1. The number of nitrogens with one attached hydrogen (secondary N) is 3. The first-order chi connectivity index (χ1) is 11.9. The zero-order chi connectivity index (χ0) is 15.9. The molecule has 0 spiro atoms. The molecule has 0 bridgehead atoms. The fourth-order valence-corrected chi connectivity index (χ4v) is 3.74. The molecule has 0 amide bonds. The molecule has 1 aromatic heterocycles. The average Bonchev–Trinajstić information content (AvgIpc) is 2.97. The number of hydrogen-bond donors (Lipinski definition) is 3. The Kier molecular flexibility index (Phi) is 3.32. The second kappa shape index (κ2) is 5.65. The van der Waals surface area contributed by atoms with Gasteiger partial charge in [0.05, 0.1) is 6.04 Å². The van der Waals surface area contributed by atoms with Crippen LogP contribution in [0.15, 0.2) is 48.5 Å². The van der Waals surface area contributed by atoms with Gasteiger partial charge in [-0.1, -0.05) is 30.3 Å². The van der Waals surface area contributed by atoms with E-state index in [9.17, 15) is 0 Å². The number of H-pyrrole nitrogens is 1. The summed E-state index contributed by atoms with van der Waals surface area (Å²) in [4.78, 5) is 3.63. The van der Waals surface area contributed by atoms with Gasteiger partial charge in [0, 0.05) is 36.2 Å². The van der Waals surface area contributed by atoms with E-state index >= 15 is 0 Å². The topological polar surface area (TPSA) is 49.1 Å². The van der Waals surface area contributed by atoms with Crippen molar-refractivity contribution in [3.05, 3.63) is 65.4 Å². The zero-order valence-electron chi connectivity index (χ0n) is 13.5. The van der Waals surface area contributed by atoms with Gasteiger partial charge in [-0.05, 0) is 35.7 Å². The van der Waals surface area contributed by atoms with Crippen molar-refractivity contribution in [2.75, 3.05) is 19.6 Å². The van der Waals surface area contributed by atoms with Crippen LogP contribution in [0.3, 0.4) is 0 Å². The largest absolute Gasteiger partial charge is 0.488 e. The zero-order valence-corrected chi connectivity index (χ0v) is 13.5. The molecule has 3 N–H and O–H groups in total. The highest BCUT2D eigenvalue weighted by atomic mass is 16.5. The van der Waals surface area contributed by atoms with E-state index in [1.54, 1.807) is 0 Å². The van der Waals surface area contributed by atoms with Gasteiger partial charge in [-0.3, -0.25) is 0 Å². The number of ether oxygens (including phenoxy) is 1. The summed E-state index contributed by atoms with van der Waals surface area (Å²) in [6, 6.07) is 17.4. The predicted octanol–water partition coefficient (Wildman–Crippen LogP) is 2.75. The molecular weight excluding hydrogens is 298 g/mol. The monoisotopic (exact) mass is 319 g/mol. The molecule has 4 nitrogen and oxygen atoms in total. The summed E-state index contributed by atoms with van der Waals surface area (Å²) >= 11 is 0. The lowest BCUT2D eigenvalue weighted by Crippen LogP contribution is -2.50. The summed E-state index contributed by atoms with van der Waals surface area (Å²) in [6.45, 7) is 2.90. The number of fused-ring (bicyclic) bond motifs is 3. The number of benzene rings is 2. The number of rotatable bonds is 3. The van der Waals surface area contributed by atoms with Gasteiger partial charge in [0.25, 0.3) is 0 Å². The van der Waals surface area contributed by atoms with E-state index in [0.29, 0.717) is 6.10 Å². The molecule has 5 rings (SSSR count). The minimum Gasteiger partial charge on any atom is -0.488 e. The molecule has 1 fully saturated rings. The fraction of sp³-hybridized carbons (Fsp3) is 0.300. The lowest BCUT2D eigenvalue weighted by atomic mass is 9.94. The number of para-hydroxylation sites is 1. The van der Waals surface area contributed by atoms with Crippen molar-refractivity contribution in [1.82, 2.24) is 15.6 Å². The Morgan fingerprint density at radius 1 is 0.958 bits per heavy atom. The molecule has 1 unspecified atom stereocenters. The van der Waals surface area contributed by atoms with Gasteiger partial charge < -0.3 is 20.4 Å². The molecule has 24 heavy (non-hydrogen) atoms. The van der Waals surface area contributed by atoms with E-state index in [-0.39, 0.29) is 6.04 Å². The molecule has 0 radical (unpaired) electrons. The second-order valence-electron chi connectivity index (χ2n) is 6.67. The van der Waals surface area contributed by atoms with Gasteiger partial charge in [0.2, 0.25) is 0 Å². The third-order valence-corrected chi connectivity index (χ3v) is 5.12. The van der Waals surface area contributed by atoms with Crippen molar-refractivity contribution < 1.29 is 4.74 Å². The fourth-order valence-electron chi connectivity index (χ4n) is 3.74. The van der Waals surface area contributed by atoms with E-state index in [2.05, 4.69) is 64.1 Å². The van der Waals surface area contributed by atoms with Crippen LogP contribution in [0, 0.1) is 0 Å². The summed E-state index contributed by atoms with van der Waals surface area (Å²) in [6.07, 6.45) is 1.40. The lowest BCUT2D eigenvalue weighted by molar-refractivity contribution is 0.142. The van der Waals surface area contributed by atoms with Crippen LogP contribution >= 0.6 is 0 Å². The molecule has 4 heteroatoms. The molecule has 3 aromatic rings. The highest BCUT2D eigenvalue weighted by molar-refractivity contribution is 5.85. The standard InChI is InChI=1S/C20H21N3O/c1-2-4-18-16(3-1)17-9-10-22-19(20(17)23-18)13-5-7-14(8-6-13)24-15-11-21-12-15/h1-8,15,19,21-23H,9-12H2. The summed E-state index contributed by atoms with van der Waals surface area (Å²) in [5.41, 5.74) is 5.27. The molecule has 3 heterocycles. The van der Waals surface area contributed by atoms with Crippen LogP contribution in [0.5, 0.6) is 5.75 Å².